The third kappa shape index (κ3) is 6.31. The standard InChI is InChI=1S/C8H17N5O3S/c1-16-6-5-12-17(14,15)11-4-2-3-8-9-7-10-13-8/h7,11-12H,2-6H2,1H3,(H,9,10,13). The van der Waals surface area contributed by atoms with Crippen LogP contribution in [0.25, 0.3) is 0 Å². The molecule has 1 rings (SSSR count). The van der Waals surface area contributed by atoms with Crippen LogP contribution in [0.3, 0.4) is 0 Å². The first-order chi connectivity index (χ1) is 8.14. The first kappa shape index (κ1) is 14.0. The molecule has 0 fully saturated rings. The molecule has 17 heavy (non-hydrogen) atoms. The van der Waals surface area contributed by atoms with Gasteiger partial charge in [-0.2, -0.15) is 18.2 Å². The van der Waals surface area contributed by atoms with Gasteiger partial charge in [-0.05, 0) is 6.42 Å². The molecule has 98 valence electrons. The van der Waals surface area contributed by atoms with E-state index in [0.717, 1.165) is 5.82 Å². The molecule has 0 radical (unpaired) electrons. The summed E-state index contributed by atoms with van der Waals surface area (Å²) in [4.78, 5) is 3.93. The summed E-state index contributed by atoms with van der Waals surface area (Å²) < 4.78 is 32.2. The van der Waals surface area contributed by atoms with Crippen LogP contribution < -0.4 is 9.44 Å². The SMILES string of the molecule is COCCNS(=O)(=O)NCCCc1ncn[nH]1. The van der Waals surface area contributed by atoms with Crippen LogP contribution in [0.4, 0.5) is 0 Å². The Bertz CT molecular complexity index is 391. The molecule has 0 bridgehead atoms. The molecule has 8 nitrogen and oxygen atoms in total. The van der Waals surface area contributed by atoms with Gasteiger partial charge in [-0.1, -0.05) is 0 Å². The molecule has 0 saturated carbocycles. The smallest absolute Gasteiger partial charge is 0.276 e. The van der Waals surface area contributed by atoms with Gasteiger partial charge in [0.25, 0.3) is 10.2 Å². The summed E-state index contributed by atoms with van der Waals surface area (Å²) in [5, 5.41) is 6.40. The summed E-state index contributed by atoms with van der Waals surface area (Å²) in [6.45, 7) is 0.954. The lowest BCUT2D eigenvalue weighted by molar-refractivity contribution is 0.204. The molecular weight excluding hydrogens is 246 g/mol. The Morgan fingerprint density at radius 1 is 1.41 bits per heavy atom. The normalized spacial score (nSPS) is 11.8. The Kier molecular flexibility index (Phi) is 6.05. The number of aryl methyl sites for hydroxylation is 1. The Labute approximate surface area is 100 Å². The first-order valence-corrected chi connectivity index (χ1v) is 6.70. The van der Waals surface area contributed by atoms with Crippen molar-refractivity contribution in [1.29, 1.82) is 0 Å². The van der Waals surface area contributed by atoms with Crippen LogP contribution in [0.1, 0.15) is 12.2 Å². The highest BCUT2D eigenvalue weighted by atomic mass is 32.2. The van der Waals surface area contributed by atoms with Gasteiger partial charge in [-0.15, -0.1) is 0 Å². The Hall–Kier alpha value is -1.03. The lowest BCUT2D eigenvalue weighted by Crippen LogP contribution is -2.38. The van der Waals surface area contributed by atoms with E-state index in [2.05, 4.69) is 24.6 Å². The minimum Gasteiger partial charge on any atom is -0.383 e. The summed E-state index contributed by atoms with van der Waals surface area (Å²) in [5.74, 6) is 0.747. The van der Waals surface area contributed by atoms with E-state index < -0.39 is 10.2 Å². The maximum atomic E-state index is 11.4. The van der Waals surface area contributed by atoms with Crippen molar-refractivity contribution in [2.45, 2.75) is 12.8 Å². The third-order valence-electron chi connectivity index (χ3n) is 1.95. The van der Waals surface area contributed by atoms with Crippen LogP contribution in [0.2, 0.25) is 0 Å². The molecule has 0 aliphatic carbocycles. The topological polar surface area (TPSA) is 109 Å². The van der Waals surface area contributed by atoms with Gasteiger partial charge in [-0.25, -0.2) is 9.71 Å². The monoisotopic (exact) mass is 263 g/mol. The van der Waals surface area contributed by atoms with E-state index in [-0.39, 0.29) is 6.54 Å². The van der Waals surface area contributed by atoms with Gasteiger partial charge in [0, 0.05) is 26.6 Å². The van der Waals surface area contributed by atoms with Crippen LogP contribution in [-0.2, 0) is 21.4 Å². The van der Waals surface area contributed by atoms with E-state index in [9.17, 15) is 8.42 Å². The molecule has 1 heterocycles. The third-order valence-corrected chi connectivity index (χ3v) is 3.11. The van der Waals surface area contributed by atoms with Crippen molar-refractivity contribution in [3.05, 3.63) is 12.2 Å². The molecule has 3 N–H and O–H groups in total. The van der Waals surface area contributed by atoms with Gasteiger partial charge in [-0.3, -0.25) is 5.10 Å². The molecule has 0 spiro atoms. The molecule has 0 aliphatic heterocycles. The molecular formula is C8H17N5O3S. The average molecular weight is 263 g/mol. The van der Waals surface area contributed by atoms with Gasteiger partial charge < -0.3 is 4.74 Å². The largest absolute Gasteiger partial charge is 0.383 e. The minimum atomic E-state index is -3.42. The summed E-state index contributed by atoms with van der Waals surface area (Å²) in [6, 6.07) is 0. The predicted octanol–water partition coefficient (Wildman–Crippen LogP) is -1.19. The van der Waals surface area contributed by atoms with E-state index in [1.807, 2.05) is 0 Å². The fraction of sp³-hybridized carbons (Fsp3) is 0.750. The minimum absolute atomic E-state index is 0.258. The van der Waals surface area contributed by atoms with Crippen LogP contribution in [0.15, 0.2) is 6.33 Å². The van der Waals surface area contributed by atoms with Crippen LogP contribution in [0.5, 0.6) is 0 Å². The van der Waals surface area contributed by atoms with Gasteiger partial charge >= 0.3 is 0 Å². The maximum absolute atomic E-state index is 11.4. The maximum Gasteiger partial charge on any atom is 0.276 e. The van der Waals surface area contributed by atoms with Crippen molar-refractivity contribution in [1.82, 2.24) is 24.6 Å². The lowest BCUT2D eigenvalue weighted by Gasteiger charge is -2.07. The van der Waals surface area contributed by atoms with Gasteiger partial charge in [0.2, 0.25) is 0 Å². The molecule has 0 amide bonds. The average Bonchev–Trinajstić information content (AvgIpc) is 2.77. The zero-order chi connectivity index (χ0) is 12.6. The van der Waals surface area contributed by atoms with Gasteiger partial charge in [0.1, 0.15) is 12.2 Å². The molecule has 1 aromatic rings. The van der Waals surface area contributed by atoms with E-state index in [0.29, 0.717) is 26.0 Å². The Morgan fingerprint density at radius 2 is 2.18 bits per heavy atom. The van der Waals surface area contributed by atoms with Crippen LogP contribution in [0, 0.1) is 0 Å². The quantitative estimate of drug-likeness (QED) is 0.485. The summed E-state index contributed by atoms with van der Waals surface area (Å²) in [7, 11) is -1.91. The lowest BCUT2D eigenvalue weighted by atomic mass is 10.3. The number of aromatic nitrogens is 3. The summed E-state index contributed by atoms with van der Waals surface area (Å²) in [5.41, 5.74) is 0. The number of H-pyrrole nitrogens is 1. The number of aromatic amines is 1. The summed E-state index contributed by atoms with van der Waals surface area (Å²) in [6.07, 6.45) is 2.73. The highest BCUT2D eigenvalue weighted by Crippen LogP contribution is 1.92. The van der Waals surface area contributed by atoms with Crippen molar-refractivity contribution in [2.24, 2.45) is 0 Å². The second-order valence-electron chi connectivity index (χ2n) is 3.32. The highest BCUT2D eigenvalue weighted by Gasteiger charge is 2.07. The molecule has 0 saturated heterocycles. The van der Waals surface area contributed by atoms with Gasteiger partial charge in [0.15, 0.2) is 0 Å². The second-order valence-corrected chi connectivity index (χ2v) is 4.90. The fourth-order valence-corrected chi connectivity index (χ4v) is 2.01. The Morgan fingerprint density at radius 3 is 2.82 bits per heavy atom. The first-order valence-electron chi connectivity index (χ1n) is 5.21. The number of methoxy groups -OCH3 is 1. The van der Waals surface area contributed by atoms with Crippen molar-refractivity contribution >= 4 is 10.2 Å². The second kappa shape index (κ2) is 7.33. The van der Waals surface area contributed by atoms with Crippen molar-refractivity contribution < 1.29 is 13.2 Å². The molecule has 0 unspecified atom stereocenters. The zero-order valence-electron chi connectivity index (χ0n) is 9.64. The zero-order valence-corrected chi connectivity index (χ0v) is 10.5. The summed E-state index contributed by atoms with van der Waals surface area (Å²) >= 11 is 0. The molecule has 0 atom stereocenters. The van der Waals surface area contributed by atoms with E-state index in [1.54, 1.807) is 0 Å². The highest BCUT2D eigenvalue weighted by molar-refractivity contribution is 7.87. The molecule has 9 heteroatoms. The number of ether oxygens (including phenoxy) is 1. The van der Waals surface area contributed by atoms with Crippen LogP contribution >= 0.6 is 0 Å². The predicted molar refractivity (Wildman–Crippen MR) is 61.5 cm³/mol. The fourth-order valence-electron chi connectivity index (χ4n) is 1.14. The number of nitrogens with one attached hydrogen (secondary N) is 3. The van der Waals surface area contributed by atoms with Gasteiger partial charge in [0.05, 0.1) is 6.61 Å². The number of hydrogen-bond acceptors (Lipinski definition) is 5. The van der Waals surface area contributed by atoms with E-state index >= 15 is 0 Å². The molecule has 0 aromatic carbocycles. The van der Waals surface area contributed by atoms with E-state index in [1.165, 1.54) is 13.4 Å². The number of hydrogen-bond donors (Lipinski definition) is 3. The molecule has 0 aliphatic rings. The van der Waals surface area contributed by atoms with E-state index in [4.69, 9.17) is 4.74 Å². The van der Waals surface area contributed by atoms with Crippen LogP contribution in [-0.4, -0.2) is 50.4 Å². The van der Waals surface area contributed by atoms with Crippen molar-refractivity contribution in [3.8, 4) is 0 Å². The number of nitrogens with zero attached hydrogens (tertiary/aromatic N) is 2. The molecule has 1 aromatic heterocycles. The number of rotatable bonds is 9. The van der Waals surface area contributed by atoms with Crippen molar-refractivity contribution in [3.63, 3.8) is 0 Å². The van der Waals surface area contributed by atoms with Crippen molar-refractivity contribution in [2.75, 3.05) is 26.8 Å². The Balaban J connectivity index is 2.12.